The van der Waals surface area contributed by atoms with E-state index < -0.39 is 16.6 Å². The van der Waals surface area contributed by atoms with Gasteiger partial charge < -0.3 is 9.52 Å². The second-order valence-electron chi connectivity index (χ2n) is 7.00. The maximum Gasteiger partial charge on any atom is 0.345 e. The molecule has 0 spiro atoms. The molecule has 1 aromatic heterocycles. The summed E-state index contributed by atoms with van der Waals surface area (Å²) in [6.07, 6.45) is 3.02. The Morgan fingerprint density at radius 2 is 1.82 bits per heavy atom. The molecule has 0 aliphatic carbocycles. The monoisotopic (exact) mass is 380 g/mol. The predicted molar refractivity (Wildman–Crippen MR) is 105 cm³/mol. The van der Waals surface area contributed by atoms with Gasteiger partial charge in [-0.05, 0) is 43.6 Å². The molecule has 0 saturated carbocycles. The second-order valence-corrected chi connectivity index (χ2v) is 7.00. The van der Waals surface area contributed by atoms with Crippen LogP contribution in [0.3, 0.4) is 0 Å². The molecule has 28 heavy (non-hydrogen) atoms. The summed E-state index contributed by atoms with van der Waals surface area (Å²) in [7, 11) is 0. The molecule has 1 N–H and O–H groups in total. The van der Waals surface area contributed by atoms with Crippen molar-refractivity contribution in [2.45, 2.75) is 25.3 Å². The van der Waals surface area contributed by atoms with Gasteiger partial charge in [-0.15, -0.1) is 0 Å². The smallest absolute Gasteiger partial charge is 0.345 e. The van der Waals surface area contributed by atoms with E-state index in [0.29, 0.717) is 16.5 Å². The standard InChI is InChI=1S/C21H20N2O5/c24-20-16-9-2-3-10-17(16)28-21(25)18(20)19(22-11-4-1-5-12-22)14-7-6-8-15(13-14)23(26)27/h2-3,6-10,13,19,24H,1,4-5,11-12H2. The maximum atomic E-state index is 12.8. The fourth-order valence-electron chi connectivity index (χ4n) is 3.93. The van der Waals surface area contributed by atoms with Gasteiger partial charge in [0.05, 0.1) is 16.4 Å². The van der Waals surface area contributed by atoms with Gasteiger partial charge in [0.25, 0.3) is 5.69 Å². The first kappa shape index (κ1) is 18.2. The summed E-state index contributed by atoms with van der Waals surface area (Å²) >= 11 is 0. The van der Waals surface area contributed by atoms with E-state index in [1.807, 2.05) is 0 Å². The van der Waals surface area contributed by atoms with Crippen LogP contribution in [0.2, 0.25) is 0 Å². The van der Waals surface area contributed by atoms with Crippen LogP contribution >= 0.6 is 0 Å². The van der Waals surface area contributed by atoms with Crippen molar-refractivity contribution < 1.29 is 14.4 Å². The number of hydrogen-bond donors (Lipinski definition) is 1. The number of nitro groups is 1. The van der Waals surface area contributed by atoms with Crippen molar-refractivity contribution in [1.29, 1.82) is 0 Å². The number of nitro benzene ring substituents is 1. The number of hydrogen-bond acceptors (Lipinski definition) is 6. The van der Waals surface area contributed by atoms with Gasteiger partial charge in [0.1, 0.15) is 16.9 Å². The summed E-state index contributed by atoms with van der Waals surface area (Å²) in [5.74, 6) is -0.131. The first-order chi connectivity index (χ1) is 13.6. The summed E-state index contributed by atoms with van der Waals surface area (Å²) in [4.78, 5) is 25.7. The zero-order valence-electron chi connectivity index (χ0n) is 15.2. The van der Waals surface area contributed by atoms with Crippen LogP contribution in [0, 0.1) is 10.1 Å². The van der Waals surface area contributed by atoms with Crippen LogP contribution in [0.4, 0.5) is 5.69 Å². The Morgan fingerprint density at radius 1 is 1.07 bits per heavy atom. The van der Waals surface area contributed by atoms with E-state index >= 15 is 0 Å². The number of non-ortho nitro benzene ring substituents is 1. The van der Waals surface area contributed by atoms with Crippen molar-refractivity contribution in [3.63, 3.8) is 0 Å². The number of likely N-dealkylation sites (tertiary alicyclic amines) is 1. The van der Waals surface area contributed by atoms with Crippen LogP contribution in [0.1, 0.15) is 36.4 Å². The highest BCUT2D eigenvalue weighted by atomic mass is 16.6. The lowest BCUT2D eigenvalue weighted by atomic mass is 9.94. The number of fused-ring (bicyclic) bond motifs is 1. The molecule has 1 aliphatic rings. The molecule has 1 saturated heterocycles. The van der Waals surface area contributed by atoms with E-state index in [1.165, 1.54) is 12.1 Å². The van der Waals surface area contributed by atoms with Crippen LogP contribution in [0.25, 0.3) is 11.0 Å². The predicted octanol–water partition coefficient (Wildman–Crippen LogP) is 3.98. The first-order valence-corrected chi connectivity index (χ1v) is 9.29. The fraction of sp³-hybridized carbons (Fsp3) is 0.286. The van der Waals surface area contributed by atoms with Crippen LogP contribution in [0.15, 0.2) is 57.7 Å². The normalized spacial score (nSPS) is 16.1. The van der Waals surface area contributed by atoms with Gasteiger partial charge >= 0.3 is 5.63 Å². The van der Waals surface area contributed by atoms with E-state index in [9.17, 15) is 20.0 Å². The van der Waals surface area contributed by atoms with Gasteiger partial charge in [0.15, 0.2) is 0 Å². The largest absolute Gasteiger partial charge is 0.507 e. The van der Waals surface area contributed by atoms with E-state index in [0.717, 1.165) is 32.4 Å². The topological polar surface area (TPSA) is 96.8 Å². The molecule has 2 aromatic carbocycles. The number of para-hydroxylation sites is 1. The molecular weight excluding hydrogens is 360 g/mol. The van der Waals surface area contributed by atoms with Gasteiger partial charge in [0.2, 0.25) is 0 Å². The van der Waals surface area contributed by atoms with Gasteiger partial charge in [-0.3, -0.25) is 15.0 Å². The summed E-state index contributed by atoms with van der Waals surface area (Å²) in [6, 6.07) is 12.4. The Bertz CT molecular complexity index is 1090. The minimum atomic E-state index is -0.627. The first-order valence-electron chi connectivity index (χ1n) is 9.29. The number of piperidine rings is 1. The SMILES string of the molecule is O=c1oc2ccccc2c(O)c1C(c1cccc([N+](=O)[O-])c1)N1CCCCC1. The van der Waals surface area contributed by atoms with Crippen molar-refractivity contribution in [3.8, 4) is 5.75 Å². The third-order valence-corrected chi connectivity index (χ3v) is 5.25. The average Bonchev–Trinajstić information content (AvgIpc) is 2.72. The number of benzene rings is 2. The quantitative estimate of drug-likeness (QED) is 0.418. The van der Waals surface area contributed by atoms with E-state index in [1.54, 1.807) is 36.4 Å². The van der Waals surface area contributed by atoms with Gasteiger partial charge in [-0.2, -0.15) is 0 Å². The molecule has 144 valence electrons. The lowest BCUT2D eigenvalue weighted by Gasteiger charge is -2.34. The highest BCUT2D eigenvalue weighted by molar-refractivity contribution is 5.84. The molecule has 0 amide bonds. The van der Waals surface area contributed by atoms with Gasteiger partial charge in [0, 0.05) is 12.1 Å². The average molecular weight is 380 g/mol. The Kier molecular flexibility index (Phi) is 4.83. The van der Waals surface area contributed by atoms with Crippen molar-refractivity contribution in [2.75, 3.05) is 13.1 Å². The molecule has 4 rings (SSSR count). The minimum absolute atomic E-state index is 0.0517. The third-order valence-electron chi connectivity index (χ3n) is 5.25. The Morgan fingerprint density at radius 3 is 2.57 bits per heavy atom. The van der Waals surface area contributed by atoms with Crippen molar-refractivity contribution in [1.82, 2.24) is 4.90 Å². The summed E-state index contributed by atoms with van der Waals surface area (Å²) in [6.45, 7) is 1.47. The van der Waals surface area contributed by atoms with E-state index in [-0.39, 0.29) is 17.0 Å². The zero-order chi connectivity index (χ0) is 19.7. The van der Waals surface area contributed by atoms with E-state index in [4.69, 9.17) is 4.42 Å². The van der Waals surface area contributed by atoms with Gasteiger partial charge in [-0.1, -0.05) is 30.7 Å². The highest BCUT2D eigenvalue weighted by Crippen LogP contribution is 2.38. The molecule has 1 atom stereocenters. The molecule has 7 nitrogen and oxygen atoms in total. The molecule has 1 fully saturated rings. The van der Waals surface area contributed by atoms with Crippen LogP contribution < -0.4 is 5.63 Å². The lowest BCUT2D eigenvalue weighted by Crippen LogP contribution is -2.36. The molecule has 0 bridgehead atoms. The van der Waals surface area contributed by atoms with Crippen LogP contribution in [-0.4, -0.2) is 28.0 Å². The number of rotatable bonds is 4. The molecule has 7 heteroatoms. The molecule has 0 radical (unpaired) electrons. The van der Waals surface area contributed by atoms with Crippen LogP contribution in [-0.2, 0) is 0 Å². The minimum Gasteiger partial charge on any atom is -0.507 e. The van der Waals surface area contributed by atoms with Crippen molar-refractivity contribution in [3.05, 3.63) is 80.2 Å². The highest BCUT2D eigenvalue weighted by Gasteiger charge is 2.31. The van der Waals surface area contributed by atoms with Crippen LogP contribution in [0.5, 0.6) is 5.75 Å². The number of nitrogens with zero attached hydrogens (tertiary/aromatic N) is 2. The molecule has 2 heterocycles. The molecule has 3 aromatic rings. The third kappa shape index (κ3) is 3.25. The molecule has 1 unspecified atom stereocenters. The summed E-state index contributed by atoms with van der Waals surface area (Å²) in [5.41, 5.74) is 0.350. The lowest BCUT2D eigenvalue weighted by molar-refractivity contribution is -0.384. The Balaban J connectivity index is 1.94. The molecular formula is C21H20N2O5. The second kappa shape index (κ2) is 7.44. The number of aromatic hydroxyl groups is 1. The summed E-state index contributed by atoms with van der Waals surface area (Å²) < 4.78 is 5.47. The van der Waals surface area contributed by atoms with Gasteiger partial charge in [-0.25, -0.2) is 4.79 Å². The Labute approximate surface area is 161 Å². The van der Waals surface area contributed by atoms with Crippen molar-refractivity contribution >= 4 is 16.7 Å². The Hall–Kier alpha value is -3.19. The molecule has 1 aliphatic heterocycles. The maximum absolute atomic E-state index is 12.8. The summed E-state index contributed by atoms with van der Waals surface area (Å²) in [5, 5.41) is 22.7. The zero-order valence-corrected chi connectivity index (χ0v) is 15.2. The van der Waals surface area contributed by atoms with Crippen molar-refractivity contribution in [2.24, 2.45) is 0 Å². The van der Waals surface area contributed by atoms with E-state index in [2.05, 4.69) is 4.90 Å². The fourth-order valence-corrected chi connectivity index (χ4v) is 3.93.